The van der Waals surface area contributed by atoms with E-state index < -0.39 is 49.9 Å². The lowest BCUT2D eigenvalue weighted by molar-refractivity contribution is -0.200. The molecule has 2 aliphatic heterocycles. The Morgan fingerprint density at radius 1 is 1.24 bits per heavy atom. The fourth-order valence-corrected chi connectivity index (χ4v) is 4.40. The number of hydrogen-bond acceptors (Lipinski definition) is 7. The van der Waals surface area contributed by atoms with Crippen molar-refractivity contribution < 1.29 is 23.4 Å². The van der Waals surface area contributed by atoms with Crippen molar-refractivity contribution in [3.63, 3.8) is 0 Å². The van der Waals surface area contributed by atoms with Crippen molar-refractivity contribution in [2.24, 2.45) is 0 Å². The molecule has 1 N–H and O–H groups in total. The largest absolute Gasteiger partial charge is 0.414 e. The van der Waals surface area contributed by atoms with Crippen LogP contribution in [0.15, 0.2) is 15.7 Å². The first-order chi connectivity index (χ1) is 13.3. The highest BCUT2D eigenvalue weighted by atomic mass is 28.4. The Hall–Kier alpha value is -1.59. The van der Waals surface area contributed by atoms with Gasteiger partial charge < -0.3 is 18.6 Å². The third-order valence-corrected chi connectivity index (χ3v) is 10.4. The molecule has 1 aromatic rings. The number of carbonyl (C=O) groups is 1. The van der Waals surface area contributed by atoms with Gasteiger partial charge in [-0.2, -0.15) is 0 Å². The number of aromatic amines is 1. The molecule has 0 bridgehead atoms. The summed E-state index contributed by atoms with van der Waals surface area (Å²) in [5.41, 5.74) is -1.46. The minimum absolute atomic E-state index is 0.0251. The van der Waals surface area contributed by atoms with Gasteiger partial charge in [0.1, 0.15) is 18.3 Å². The van der Waals surface area contributed by atoms with E-state index in [2.05, 4.69) is 38.8 Å². The summed E-state index contributed by atoms with van der Waals surface area (Å²) in [5, 5.41) is 0.0251. The third kappa shape index (κ3) is 4.17. The second kappa shape index (κ2) is 7.27. The molecule has 2 fully saturated rings. The smallest absolute Gasteiger partial charge is 0.331 e. The van der Waals surface area contributed by atoms with Crippen LogP contribution in [-0.4, -0.2) is 54.9 Å². The van der Waals surface area contributed by atoms with Gasteiger partial charge >= 0.3 is 5.69 Å². The molecule has 0 unspecified atom stereocenters. The van der Waals surface area contributed by atoms with Crippen LogP contribution in [0.2, 0.25) is 18.1 Å². The molecule has 0 spiro atoms. The van der Waals surface area contributed by atoms with Gasteiger partial charge in [-0.1, -0.05) is 20.8 Å². The van der Waals surface area contributed by atoms with E-state index in [-0.39, 0.29) is 17.3 Å². The standard InChI is InChI=1S/C19H30N2O7Si/c1-18(2,3)29(6,7)25-10-12-14-15(28-19(4,5)27-14)16(26-12)21-11(9-22)8-13(23)20-17(21)24/h8-9,12,14-16H,10H2,1-7H3,(H,20,23,24)/t12-,14-,15-,16-/m1/s1. The van der Waals surface area contributed by atoms with Crippen molar-refractivity contribution in [2.75, 3.05) is 6.61 Å². The van der Waals surface area contributed by atoms with E-state index in [0.29, 0.717) is 6.29 Å². The molecule has 0 aromatic carbocycles. The Kier molecular flexibility index (Phi) is 5.54. The summed E-state index contributed by atoms with van der Waals surface area (Å²) >= 11 is 0. The fraction of sp³-hybridized carbons (Fsp3) is 0.737. The Bertz CT molecular complexity index is 899. The predicted octanol–water partition coefficient (Wildman–Crippen LogP) is 1.79. The first-order valence-corrected chi connectivity index (χ1v) is 12.6. The van der Waals surface area contributed by atoms with Crippen molar-refractivity contribution in [3.8, 4) is 0 Å². The van der Waals surface area contributed by atoms with Gasteiger partial charge in [-0.25, -0.2) is 4.79 Å². The predicted molar refractivity (Wildman–Crippen MR) is 108 cm³/mol. The van der Waals surface area contributed by atoms with Crippen molar-refractivity contribution in [1.82, 2.24) is 9.55 Å². The highest BCUT2D eigenvalue weighted by molar-refractivity contribution is 6.74. The van der Waals surface area contributed by atoms with Gasteiger partial charge in [-0.05, 0) is 32.0 Å². The summed E-state index contributed by atoms with van der Waals surface area (Å²) in [6.07, 6.45) is -2.05. The lowest BCUT2D eigenvalue weighted by Crippen LogP contribution is -2.44. The highest BCUT2D eigenvalue weighted by Gasteiger charge is 2.57. The van der Waals surface area contributed by atoms with E-state index in [1.54, 1.807) is 13.8 Å². The van der Waals surface area contributed by atoms with Crippen LogP contribution in [-0.2, 0) is 18.6 Å². The molecule has 4 atom stereocenters. The van der Waals surface area contributed by atoms with Gasteiger partial charge in [0, 0.05) is 6.07 Å². The Balaban J connectivity index is 1.93. The summed E-state index contributed by atoms with van der Waals surface area (Å²) in [4.78, 5) is 37.7. The van der Waals surface area contributed by atoms with Crippen LogP contribution < -0.4 is 11.2 Å². The minimum Gasteiger partial charge on any atom is -0.414 e. The number of fused-ring (bicyclic) bond motifs is 1. The molecule has 2 saturated heterocycles. The molecule has 0 amide bonds. The molecule has 9 nitrogen and oxygen atoms in total. The molecule has 1 aromatic heterocycles. The van der Waals surface area contributed by atoms with E-state index >= 15 is 0 Å². The van der Waals surface area contributed by atoms with Crippen molar-refractivity contribution in [1.29, 1.82) is 0 Å². The number of H-pyrrole nitrogens is 1. The summed E-state index contributed by atoms with van der Waals surface area (Å²) in [6.45, 7) is 14.6. The molecule has 0 radical (unpaired) electrons. The highest BCUT2D eigenvalue weighted by Crippen LogP contribution is 2.44. The van der Waals surface area contributed by atoms with Crippen LogP contribution in [0.3, 0.4) is 0 Å². The number of nitrogens with one attached hydrogen (secondary N) is 1. The van der Waals surface area contributed by atoms with E-state index in [1.807, 2.05) is 0 Å². The zero-order valence-corrected chi connectivity index (χ0v) is 19.0. The lowest BCUT2D eigenvalue weighted by atomic mass is 10.1. The maximum absolute atomic E-state index is 12.5. The third-order valence-electron chi connectivity index (χ3n) is 5.92. The molecular formula is C19H30N2O7Si. The second-order valence-corrected chi connectivity index (χ2v) is 14.4. The van der Waals surface area contributed by atoms with Crippen molar-refractivity contribution >= 4 is 14.6 Å². The maximum Gasteiger partial charge on any atom is 0.331 e. The first kappa shape index (κ1) is 22.1. The zero-order chi connectivity index (χ0) is 21.8. The molecule has 3 heterocycles. The number of carbonyl (C=O) groups excluding carboxylic acids is 1. The summed E-state index contributed by atoms with van der Waals surface area (Å²) in [6, 6.07) is 1.06. The number of aromatic nitrogens is 2. The molecule has 3 rings (SSSR count). The Morgan fingerprint density at radius 2 is 1.86 bits per heavy atom. The molecule has 0 saturated carbocycles. The molecule has 29 heavy (non-hydrogen) atoms. The van der Waals surface area contributed by atoms with E-state index in [1.165, 1.54) is 0 Å². The quantitative estimate of drug-likeness (QED) is 0.565. The second-order valence-electron chi connectivity index (χ2n) is 9.55. The fourth-order valence-electron chi connectivity index (χ4n) is 3.38. The van der Waals surface area contributed by atoms with Gasteiger partial charge in [0.05, 0.1) is 12.3 Å². The van der Waals surface area contributed by atoms with E-state index in [9.17, 15) is 14.4 Å². The lowest BCUT2D eigenvalue weighted by Gasteiger charge is -2.37. The molecule has 0 aliphatic carbocycles. The van der Waals surface area contributed by atoms with E-state index in [4.69, 9.17) is 18.6 Å². The molecule has 162 valence electrons. The van der Waals surface area contributed by atoms with Crippen LogP contribution in [0.4, 0.5) is 0 Å². The first-order valence-electron chi connectivity index (χ1n) is 9.72. The van der Waals surface area contributed by atoms with Gasteiger partial charge in [0.2, 0.25) is 0 Å². The Morgan fingerprint density at radius 3 is 2.45 bits per heavy atom. The average molecular weight is 427 g/mol. The number of aldehydes is 1. The molecular weight excluding hydrogens is 396 g/mol. The van der Waals surface area contributed by atoms with Crippen LogP contribution in [0.1, 0.15) is 51.3 Å². The van der Waals surface area contributed by atoms with Crippen LogP contribution in [0, 0.1) is 0 Å². The van der Waals surface area contributed by atoms with Crippen molar-refractivity contribution in [3.05, 3.63) is 32.6 Å². The molecule has 2 aliphatic rings. The average Bonchev–Trinajstić information content (AvgIpc) is 3.04. The van der Waals surface area contributed by atoms with Crippen LogP contribution >= 0.6 is 0 Å². The SMILES string of the molecule is CC1(C)O[C@@H]2[C@H](O1)[C@@H](CO[Si](C)(C)C(C)(C)C)O[C@H]2n1c(C=O)cc(=O)[nH]c1=O. The van der Waals surface area contributed by atoms with Crippen LogP contribution in [0.25, 0.3) is 0 Å². The normalized spacial score (nSPS) is 29.1. The maximum atomic E-state index is 12.5. The number of hydrogen-bond donors (Lipinski definition) is 1. The van der Waals surface area contributed by atoms with Gasteiger partial charge in [-0.3, -0.25) is 19.1 Å². The summed E-state index contributed by atoms with van der Waals surface area (Å²) in [7, 11) is -2.04. The summed E-state index contributed by atoms with van der Waals surface area (Å²) < 4.78 is 25.6. The monoisotopic (exact) mass is 426 g/mol. The summed E-state index contributed by atoms with van der Waals surface area (Å²) in [5.74, 6) is -0.875. The van der Waals surface area contributed by atoms with Gasteiger partial charge in [-0.15, -0.1) is 0 Å². The van der Waals surface area contributed by atoms with Gasteiger partial charge in [0.15, 0.2) is 26.6 Å². The number of nitrogens with zero attached hydrogens (tertiary/aromatic N) is 1. The zero-order valence-electron chi connectivity index (χ0n) is 18.0. The number of rotatable bonds is 5. The number of ether oxygens (including phenoxy) is 3. The Labute approximate surface area is 170 Å². The van der Waals surface area contributed by atoms with Crippen molar-refractivity contribution in [2.45, 2.75) is 83.1 Å². The van der Waals surface area contributed by atoms with Crippen LogP contribution in [0.5, 0.6) is 0 Å². The molecule has 10 heteroatoms. The van der Waals surface area contributed by atoms with Gasteiger partial charge in [0.25, 0.3) is 5.56 Å². The minimum atomic E-state index is -2.04. The topological polar surface area (TPSA) is 109 Å². The van der Waals surface area contributed by atoms with E-state index in [0.717, 1.165) is 10.6 Å².